The lowest BCUT2D eigenvalue weighted by atomic mass is 10.0. The van der Waals surface area contributed by atoms with Gasteiger partial charge in [0.1, 0.15) is 17.3 Å². The van der Waals surface area contributed by atoms with Gasteiger partial charge in [-0.3, -0.25) is 0 Å². The van der Waals surface area contributed by atoms with Crippen LogP contribution in [0, 0.1) is 12.7 Å². The highest BCUT2D eigenvalue weighted by Crippen LogP contribution is 2.41. The highest BCUT2D eigenvalue weighted by atomic mass is 79.9. The molecule has 5 heteroatoms. The molecule has 2 aromatic carbocycles. The van der Waals surface area contributed by atoms with E-state index in [4.69, 9.17) is 21.1 Å². The molecule has 0 aromatic heterocycles. The monoisotopic (exact) mass is 372 g/mol. The van der Waals surface area contributed by atoms with E-state index in [9.17, 15) is 4.39 Å². The van der Waals surface area contributed by atoms with Crippen LogP contribution in [-0.4, -0.2) is 14.2 Å². The van der Waals surface area contributed by atoms with Crippen LogP contribution in [0.15, 0.2) is 34.8 Å². The second kappa shape index (κ2) is 6.67. The van der Waals surface area contributed by atoms with Gasteiger partial charge in [-0.2, -0.15) is 0 Å². The maximum Gasteiger partial charge on any atom is 0.141 e. The summed E-state index contributed by atoms with van der Waals surface area (Å²) >= 11 is 9.77. The number of aryl methyl sites for hydroxylation is 1. The van der Waals surface area contributed by atoms with Crippen LogP contribution in [0.5, 0.6) is 11.5 Å². The van der Waals surface area contributed by atoms with Gasteiger partial charge in [0.05, 0.1) is 24.1 Å². The standard InChI is InChI=1S/C16H15BrClFO2/c1-9-4-5-14(20-2)10(6-9)16(18)11-7-12(17)13(19)8-15(11)21-3/h4-8,16H,1-3H3. The van der Waals surface area contributed by atoms with Gasteiger partial charge in [-0.1, -0.05) is 17.7 Å². The molecule has 2 aromatic rings. The van der Waals surface area contributed by atoms with E-state index in [1.54, 1.807) is 13.2 Å². The SMILES string of the molecule is COc1ccc(C)cc1C(Cl)c1cc(Br)c(F)cc1OC. The molecule has 112 valence electrons. The normalized spacial score (nSPS) is 12.1. The number of ether oxygens (including phenoxy) is 2. The Morgan fingerprint density at radius 1 is 1.05 bits per heavy atom. The van der Waals surface area contributed by atoms with Crippen LogP contribution < -0.4 is 9.47 Å². The van der Waals surface area contributed by atoms with Crippen LogP contribution >= 0.6 is 27.5 Å². The van der Waals surface area contributed by atoms with Crippen molar-refractivity contribution >= 4 is 27.5 Å². The fourth-order valence-corrected chi connectivity index (χ4v) is 2.84. The molecular formula is C16H15BrClFO2. The maximum atomic E-state index is 13.6. The summed E-state index contributed by atoms with van der Waals surface area (Å²) in [6, 6.07) is 8.72. The third-order valence-electron chi connectivity index (χ3n) is 3.20. The molecule has 1 unspecified atom stereocenters. The van der Waals surface area contributed by atoms with Gasteiger partial charge >= 0.3 is 0 Å². The Morgan fingerprint density at radius 3 is 2.29 bits per heavy atom. The van der Waals surface area contributed by atoms with Crippen molar-refractivity contribution in [3.05, 3.63) is 57.3 Å². The molecule has 0 heterocycles. The molecule has 2 rings (SSSR count). The number of hydrogen-bond donors (Lipinski definition) is 0. The first kappa shape index (κ1) is 16.1. The minimum atomic E-state index is -0.508. The number of alkyl halides is 1. The van der Waals surface area contributed by atoms with Crippen LogP contribution in [0.1, 0.15) is 22.1 Å². The van der Waals surface area contributed by atoms with E-state index in [2.05, 4.69) is 15.9 Å². The Bertz CT molecular complexity index is 661. The van der Waals surface area contributed by atoms with Crippen molar-refractivity contribution in [2.75, 3.05) is 14.2 Å². The van der Waals surface area contributed by atoms with Gasteiger partial charge in [-0.15, -0.1) is 11.6 Å². The molecule has 0 aliphatic carbocycles. The summed E-state index contributed by atoms with van der Waals surface area (Å²) in [7, 11) is 3.08. The zero-order valence-corrected chi connectivity index (χ0v) is 14.3. The molecule has 0 N–H and O–H groups in total. The van der Waals surface area contributed by atoms with Gasteiger partial charge in [0.2, 0.25) is 0 Å². The molecular weight excluding hydrogens is 359 g/mol. The summed E-state index contributed by atoms with van der Waals surface area (Å²) in [5, 5.41) is -0.508. The Balaban J connectivity index is 2.56. The number of benzene rings is 2. The van der Waals surface area contributed by atoms with Crippen LogP contribution in [-0.2, 0) is 0 Å². The molecule has 0 fully saturated rings. The quantitative estimate of drug-likeness (QED) is 0.682. The molecule has 0 saturated heterocycles. The molecule has 0 amide bonds. The first-order chi connectivity index (χ1) is 9.97. The Hall–Kier alpha value is -1.26. The lowest BCUT2D eigenvalue weighted by molar-refractivity contribution is 0.402. The molecule has 0 aliphatic heterocycles. The van der Waals surface area contributed by atoms with Crippen molar-refractivity contribution in [2.45, 2.75) is 12.3 Å². The fourth-order valence-electron chi connectivity index (χ4n) is 2.14. The number of methoxy groups -OCH3 is 2. The highest BCUT2D eigenvalue weighted by Gasteiger charge is 2.21. The van der Waals surface area contributed by atoms with Crippen LogP contribution in [0.25, 0.3) is 0 Å². The molecule has 0 bridgehead atoms. The second-order valence-electron chi connectivity index (χ2n) is 4.62. The van der Waals surface area contributed by atoms with Crippen molar-refractivity contribution < 1.29 is 13.9 Å². The molecule has 0 saturated carbocycles. The maximum absolute atomic E-state index is 13.6. The molecule has 2 nitrogen and oxygen atoms in total. The van der Waals surface area contributed by atoms with Crippen molar-refractivity contribution in [1.29, 1.82) is 0 Å². The largest absolute Gasteiger partial charge is 0.496 e. The molecule has 21 heavy (non-hydrogen) atoms. The van der Waals surface area contributed by atoms with Crippen molar-refractivity contribution in [2.24, 2.45) is 0 Å². The fraction of sp³-hybridized carbons (Fsp3) is 0.250. The van der Waals surface area contributed by atoms with Gasteiger partial charge < -0.3 is 9.47 Å². The summed E-state index contributed by atoms with van der Waals surface area (Å²) in [6.45, 7) is 1.98. The van der Waals surface area contributed by atoms with Gasteiger partial charge in [0.25, 0.3) is 0 Å². The lowest BCUT2D eigenvalue weighted by Crippen LogP contribution is -2.01. The van der Waals surface area contributed by atoms with E-state index in [0.717, 1.165) is 11.1 Å². The van der Waals surface area contributed by atoms with Gasteiger partial charge in [-0.05, 0) is 35.0 Å². The van der Waals surface area contributed by atoms with Crippen LogP contribution in [0.4, 0.5) is 4.39 Å². The molecule has 0 aliphatic rings. The summed E-state index contributed by atoms with van der Waals surface area (Å²) in [5.41, 5.74) is 2.56. The minimum absolute atomic E-state index is 0.343. The summed E-state index contributed by atoms with van der Waals surface area (Å²) in [6.07, 6.45) is 0. The zero-order chi connectivity index (χ0) is 15.6. The third kappa shape index (κ3) is 3.33. The average Bonchev–Trinajstić information content (AvgIpc) is 2.48. The van der Waals surface area contributed by atoms with Crippen molar-refractivity contribution in [3.63, 3.8) is 0 Å². The average molecular weight is 374 g/mol. The smallest absolute Gasteiger partial charge is 0.141 e. The number of hydrogen-bond acceptors (Lipinski definition) is 2. The van der Waals surface area contributed by atoms with Crippen molar-refractivity contribution in [3.8, 4) is 11.5 Å². The van der Waals surface area contributed by atoms with E-state index < -0.39 is 11.2 Å². The van der Waals surface area contributed by atoms with Crippen LogP contribution in [0.2, 0.25) is 0 Å². The Kier molecular flexibility index (Phi) is 5.12. The van der Waals surface area contributed by atoms with E-state index in [-0.39, 0.29) is 0 Å². The summed E-state index contributed by atoms with van der Waals surface area (Å²) in [5.74, 6) is 0.693. The van der Waals surface area contributed by atoms with Crippen molar-refractivity contribution in [1.82, 2.24) is 0 Å². The minimum Gasteiger partial charge on any atom is -0.496 e. The third-order valence-corrected chi connectivity index (χ3v) is 4.28. The number of halogens is 3. The molecule has 1 atom stereocenters. The first-order valence-corrected chi connectivity index (χ1v) is 7.52. The topological polar surface area (TPSA) is 18.5 Å². The van der Waals surface area contributed by atoms with E-state index in [1.165, 1.54) is 13.2 Å². The van der Waals surface area contributed by atoms with Gasteiger partial charge in [0, 0.05) is 17.2 Å². The summed E-state index contributed by atoms with van der Waals surface area (Å²) < 4.78 is 24.6. The molecule has 0 spiro atoms. The highest BCUT2D eigenvalue weighted by molar-refractivity contribution is 9.10. The Labute approximate surface area is 137 Å². The molecule has 0 radical (unpaired) electrons. The van der Waals surface area contributed by atoms with Gasteiger partial charge in [-0.25, -0.2) is 4.39 Å². The van der Waals surface area contributed by atoms with E-state index in [0.29, 0.717) is 21.5 Å². The van der Waals surface area contributed by atoms with Crippen LogP contribution in [0.3, 0.4) is 0 Å². The predicted molar refractivity (Wildman–Crippen MR) is 86.1 cm³/mol. The summed E-state index contributed by atoms with van der Waals surface area (Å²) in [4.78, 5) is 0. The zero-order valence-electron chi connectivity index (χ0n) is 11.9. The first-order valence-electron chi connectivity index (χ1n) is 6.29. The van der Waals surface area contributed by atoms with E-state index in [1.807, 2.05) is 25.1 Å². The Morgan fingerprint density at radius 2 is 1.67 bits per heavy atom. The predicted octanol–water partition coefficient (Wildman–Crippen LogP) is 5.24. The second-order valence-corrected chi connectivity index (χ2v) is 5.91. The lowest BCUT2D eigenvalue weighted by Gasteiger charge is -2.18. The van der Waals surface area contributed by atoms with Gasteiger partial charge in [0.15, 0.2) is 0 Å². The number of rotatable bonds is 4. The van der Waals surface area contributed by atoms with E-state index >= 15 is 0 Å².